The van der Waals surface area contributed by atoms with E-state index in [0.29, 0.717) is 51.4 Å². The van der Waals surface area contributed by atoms with Gasteiger partial charge in [0.25, 0.3) is 5.91 Å². The summed E-state index contributed by atoms with van der Waals surface area (Å²) in [5.74, 6) is 0.0186. The van der Waals surface area contributed by atoms with Gasteiger partial charge in [0, 0.05) is 52.7 Å². The Morgan fingerprint density at radius 3 is 2.57 bits per heavy atom. The number of hydrogen-bond acceptors (Lipinski definition) is 4. The molecule has 124 valence electrons. The number of rotatable bonds is 1. The van der Waals surface area contributed by atoms with E-state index in [4.69, 9.17) is 4.74 Å². The van der Waals surface area contributed by atoms with Crippen LogP contribution in [0.25, 0.3) is 0 Å². The van der Waals surface area contributed by atoms with E-state index in [1.165, 1.54) is 0 Å². The Bertz CT molecular complexity index is 611. The van der Waals surface area contributed by atoms with Crippen LogP contribution in [0.4, 0.5) is 4.79 Å². The van der Waals surface area contributed by atoms with Crippen LogP contribution in [0.2, 0.25) is 0 Å². The Morgan fingerprint density at radius 2 is 1.87 bits per heavy atom. The summed E-state index contributed by atoms with van der Waals surface area (Å²) in [6.45, 7) is 3.53. The van der Waals surface area contributed by atoms with Crippen molar-refractivity contribution in [1.29, 1.82) is 0 Å². The van der Waals surface area contributed by atoms with Crippen LogP contribution in [0, 0.1) is 0 Å². The van der Waals surface area contributed by atoms with E-state index in [1.807, 2.05) is 4.90 Å². The van der Waals surface area contributed by atoms with E-state index in [9.17, 15) is 9.59 Å². The van der Waals surface area contributed by atoms with Gasteiger partial charge in [-0.05, 0) is 17.5 Å². The standard InChI is InChI=1S/C16H22N4O3/c1-18(2)16(22)20-4-3-13-12(11-20)9-17-10-14(13)15(21)19-5-7-23-8-6-19/h9-10H,3-8,11H2,1-2H3. The predicted octanol–water partition coefficient (Wildman–Crippen LogP) is 0.594. The van der Waals surface area contributed by atoms with Crippen molar-refractivity contribution < 1.29 is 14.3 Å². The number of nitrogens with zero attached hydrogens (tertiary/aromatic N) is 4. The van der Waals surface area contributed by atoms with Gasteiger partial charge in [-0.2, -0.15) is 0 Å². The molecule has 0 unspecified atom stereocenters. The first kappa shape index (κ1) is 15.7. The zero-order valence-corrected chi connectivity index (χ0v) is 13.6. The minimum absolute atomic E-state index is 0.0134. The van der Waals surface area contributed by atoms with Crippen molar-refractivity contribution >= 4 is 11.9 Å². The number of pyridine rings is 1. The lowest BCUT2D eigenvalue weighted by Gasteiger charge is -2.33. The second-order valence-electron chi connectivity index (χ2n) is 6.08. The third-order valence-corrected chi connectivity index (χ3v) is 4.32. The van der Waals surface area contributed by atoms with Crippen molar-refractivity contribution in [3.05, 3.63) is 29.1 Å². The van der Waals surface area contributed by atoms with Gasteiger partial charge in [-0.1, -0.05) is 0 Å². The topological polar surface area (TPSA) is 66.0 Å². The molecule has 1 fully saturated rings. The molecule has 0 atom stereocenters. The average molecular weight is 318 g/mol. The molecule has 1 aromatic rings. The van der Waals surface area contributed by atoms with Crippen LogP contribution in [0.3, 0.4) is 0 Å². The molecule has 0 N–H and O–H groups in total. The minimum atomic E-state index is -0.0134. The molecular formula is C16H22N4O3. The molecule has 23 heavy (non-hydrogen) atoms. The molecule has 0 radical (unpaired) electrons. The smallest absolute Gasteiger partial charge is 0.319 e. The molecule has 0 bridgehead atoms. The highest BCUT2D eigenvalue weighted by molar-refractivity contribution is 5.96. The maximum absolute atomic E-state index is 12.7. The molecule has 0 aromatic carbocycles. The summed E-state index contributed by atoms with van der Waals surface area (Å²) < 4.78 is 5.30. The molecule has 2 aliphatic rings. The number of urea groups is 1. The van der Waals surface area contributed by atoms with Gasteiger partial charge >= 0.3 is 6.03 Å². The molecule has 0 spiro atoms. The van der Waals surface area contributed by atoms with Crippen molar-refractivity contribution in [2.24, 2.45) is 0 Å². The molecule has 0 saturated carbocycles. The fraction of sp³-hybridized carbons (Fsp3) is 0.562. The van der Waals surface area contributed by atoms with E-state index >= 15 is 0 Å². The van der Waals surface area contributed by atoms with Crippen molar-refractivity contribution in [2.45, 2.75) is 13.0 Å². The highest BCUT2D eigenvalue weighted by Gasteiger charge is 2.27. The van der Waals surface area contributed by atoms with Gasteiger partial charge < -0.3 is 19.4 Å². The van der Waals surface area contributed by atoms with Crippen LogP contribution in [0.1, 0.15) is 21.5 Å². The van der Waals surface area contributed by atoms with E-state index < -0.39 is 0 Å². The number of aromatic nitrogens is 1. The lowest BCUT2D eigenvalue weighted by atomic mass is 9.96. The predicted molar refractivity (Wildman–Crippen MR) is 84.2 cm³/mol. The summed E-state index contributed by atoms with van der Waals surface area (Å²) in [4.78, 5) is 34.2. The molecule has 2 aliphatic heterocycles. The van der Waals surface area contributed by atoms with Gasteiger partial charge in [0.2, 0.25) is 0 Å². The Morgan fingerprint density at radius 1 is 1.13 bits per heavy atom. The van der Waals surface area contributed by atoms with E-state index in [0.717, 1.165) is 11.1 Å². The maximum Gasteiger partial charge on any atom is 0.319 e. The van der Waals surface area contributed by atoms with Crippen molar-refractivity contribution in [3.8, 4) is 0 Å². The van der Waals surface area contributed by atoms with E-state index in [2.05, 4.69) is 4.98 Å². The van der Waals surface area contributed by atoms with E-state index in [-0.39, 0.29) is 11.9 Å². The Labute approximate surface area is 135 Å². The van der Waals surface area contributed by atoms with Gasteiger partial charge in [-0.3, -0.25) is 9.78 Å². The first-order valence-corrected chi connectivity index (χ1v) is 7.87. The van der Waals surface area contributed by atoms with Crippen LogP contribution >= 0.6 is 0 Å². The largest absolute Gasteiger partial charge is 0.378 e. The van der Waals surface area contributed by atoms with E-state index in [1.54, 1.807) is 36.3 Å². The van der Waals surface area contributed by atoms with Crippen LogP contribution in [-0.2, 0) is 17.7 Å². The normalized spacial score (nSPS) is 17.7. The van der Waals surface area contributed by atoms with Crippen molar-refractivity contribution in [3.63, 3.8) is 0 Å². The van der Waals surface area contributed by atoms with Crippen molar-refractivity contribution in [1.82, 2.24) is 19.7 Å². The fourth-order valence-corrected chi connectivity index (χ4v) is 3.06. The van der Waals surface area contributed by atoms with Crippen LogP contribution in [0.5, 0.6) is 0 Å². The number of carbonyl (C=O) groups excluding carboxylic acids is 2. The summed E-state index contributed by atoms with van der Waals surface area (Å²) in [7, 11) is 3.49. The van der Waals surface area contributed by atoms with Gasteiger partial charge in [-0.25, -0.2) is 4.79 Å². The Hall–Kier alpha value is -2.15. The third-order valence-electron chi connectivity index (χ3n) is 4.32. The third kappa shape index (κ3) is 3.14. The van der Waals surface area contributed by atoms with Crippen LogP contribution in [-0.4, -0.2) is 78.6 Å². The molecule has 3 heterocycles. The van der Waals surface area contributed by atoms with Gasteiger partial charge in [0.1, 0.15) is 0 Å². The molecule has 0 aliphatic carbocycles. The number of hydrogen-bond donors (Lipinski definition) is 0. The quantitative estimate of drug-likeness (QED) is 0.760. The molecular weight excluding hydrogens is 296 g/mol. The van der Waals surface area contributed by atoms with Gasteiger partial charge in [0.15, 0.2) is 0 Å². The first-order chi connectivity index (χ1) is 11.1. The molecule has 3 amide bonds. The molecule has 1 saturated heterocycles. The molecule has 7 heteroatoms. The average Bonchev–Trinajstić information content (AvgIpc) is 2.60. The SMILES string of the molecule is CN(C)C(=O)N1CCc2c(cncc2C(=O)N2CCOCC2)C1. The second kappa shape index (κ2) is 6.54. The number of carbonyl (C=O) groups is 2. The fourth-order valence-electron chi connectivity index (χ4n) is 3.06. The molecule has 3 rings (SSSR count). The summed E-state index contributed by atoms with van der Waals surface area (Å²) >= 11 is 0. The number of amides is 3. The lowest BCUT2D eigenvalue weighted by Crippen LogP contribution is -2.44. The summed E-state index contributed by atoms with van der Waals surface area (Å²) in [6, 6.07) is -0.0134. The molecule has 1 aromatic heterocycles. The number of ether oxygens (including phenoxy) is 1. The zero-order valence-electron chi connectivity index (χ0n) is 13.6. The summed E-state index contributed by atoms with van der Waals surface area (Å²) in [6.07, 6.45) is 4.10. The highest BCUT2D eigenvalue weighted by atomic mass is 16.5. The van der Waals surface area contributed by atoms with Gasteiger partial charge in [0.05, 0.1) is 18.8 Å². The Kier molecular flexibility index (Phi) is 4.47. The summed E-state index contributed by atoms with van der Waals surface area (Å²) in [5, 5.41) is 0. The minimum Gasteiger partial charge on any atom is -0.378 e. The highest BCUT2D eigenvalue weighted by Crippen LogP contribution is 2.23. The number of morpholine rings is 1. The molecule has 7 nitrogen and oxygen atoms in total. The van der Waals surface area contributed by atoms with Gasteiger partial charge in [-0.15, -0.1) is 0 Å². The summed E-state index contributed by atoms with van der Waals surface area (Å²) in [5.41, 5.74) is 2.66. The van der Waals surface area contributed by atoms with Crippen LogP contribution < -0.4 is 0 Å². The second-order valence-corrected chi connectivity index (χ2v) is 6.08. The van der Waals surface area contributed by atoms with Crippen molar-refractivity contribution in [2.75, 3.05) is 46.9 Å². The first-order valence-electron chi connectivity index (χ1n) is 7.87. The lowest BCUT2D eigenvalue weighted by molar-refractivity contribution is 0.0301. The zero-order chi connectivity index (χ0) is 16.4. The maximum atomic E-state index is 12.7. The number of fused-ring (bicyclic) bond motifs is 1. The van der Waals surface area contributed by atoms with Crippen LogP contribution in [0.15, 0.2) is 12.4 Å². The Balaban J connectivity index is 1.82. The monoisotopic (exact) mass is 318 g/mol.